The molecule has 1 aliphatic heterocycles. The van der Waals surface area contributed by atoms with E-state index >= 15 is 0 Å². The van der Waals surface area contributed by atoms with Crippen LogP contribution in [0.15, 0.2) is 54.9 Å². The average molecular weight is 467 g/mol. The van der Waals surface area contributed by atoms with Crippen molar-refractivity contribution in [1.29, 1.82) is 0 Å². The Morgan fingerprint density at radius 1 is 1.21 bits per heavy atom. The van der Waals surface area contributed by atoms with Gasteiger partial charge in [-0.1, -0.05) is 36.1 Å². The van der Waals surface area contributed by atoms with Crippen LogP contribution in [0.2, 0.25) is 0 Å². The molecule has 4 N–H and O–H groups in total. The van der Waals surface area contributed by atoms with Gasteiger partial charge in [0.1, 0.15) is 18.0 Å². The number of aromatic nitrogens is 2. The molecule has 3 aromatic rings. The van der Waals surface area contributed by atoms with Gasteiger partial charge in [-0.25, -0.2) is 9.55 Å². The van der Waals surface area contributed by atoms with Crippen molar-refractivity contribution >= 4 is 19.4 Å². The zero-order chi connectivity index (χ0) is 23.6. The Labute approximate surface area is 190 Å². The van der Waals surface area contributed by atoms with Gasteiger partial charge in [0.05, 0.1) is 13.0 Å². The molecule has 10 heteroatoms. The summed E-state index contributed by atoms with van der Waals surface area (Å²) in [6, 6.07) is 12.5. The molecule has 170 valence electrons. The number of phosphoric ester groups is 1. The Balaban J connectivity index is 1.56. The maximum absolute atomic E-state index is 11.6. The SMILES string of the molecule is C[C@H](O)c1nccn1[C@@H](C#Cc1ccc(-c2ccc3c(c2)NC(=O)C3)cc1)COP(=O)(O)O. The summed E-state index contributed by atoms with van der Waals surface area (Å²) in [5, 5.41) is 12.8. The highest BCUT2D eigenvalue weighted by Crippen LogP contribution is 2.37. The molecule has 0 bridgehead atoms. The molecule has 0 spiro atoms. The number of carbonyl (C=O) groups excluding carboxylic acids is 1. The highest BCUT2D eigenvalue weighted by molar-refractivity contribution is 7.46. The third kappa shape index (κ3) is 5.57. The molecular formula is C23H22N3O6P. The predicted octanol–water partition coefficient (Wildman–Crippen LogP) is 2.80. The van der Waals surface area contributed by atoms with Crippen LogP contribution in [0.25, 0.3) is 11.1 Å². The number of anilines is 1. The van der Waals surface area contributed by atoms with Gasteiger partial charge in [0.2, 0.25) is 5.91 Å². The molecule has 33 heavy (non-hydrogen) atoms. The smallest absolute Gasteiger partial charge is 0.385 e. The van der Waals surface area contributed by atoms with Crippen molar-refractivity contribution in [2.45, 2.75) is 25.5 Å². The number of rotatable bonds is 6. The summed E-state index contributed by atoms with van der Waals surface area (Å²) in [7, 11) is -4.70. The molecule has 2 atom stereocenters. The van der Waals surface area contributed by atoms with E-state index < -0.39 is 20.0 Å². The number of hydrogen-bond acceptors (Lipinski definition) is 5. The fraction of sp³-hybridized carbons (Fsp3) is 0.217. The fourth-order valence-electron chi connectivity index (χ4n) is 3.58. The lowest BCUT2D eigenvalue weighted by Gasteiger charge is -2.17. The molecular weight excluding hydrogens is 445 g/mol. The summed E-state index contributed by atoms with van der Waals surface area (Å²) in [5.41, 5.74) is 4.41. The molecule has 0 radical (unpaired) electrons. The largest absolute Gasteiger partial charge is 0.469 e. The maximum atomic E-state index is 11.6. The normalized spacial score (nSPS) is 14.7. The minimum absolute atomic E-state index is 0.0123. The Kier molecular flexibility index (Phi) is 6.47. The Bertz CT molecular complexity index is 1280. The van der Waals surface area contributed by atoms with Gasteiger partial charge in [0.25, 0.3) is 0 Å². The minimum Gasteiger partial charge on any atom is -0.385 e. The molecule has 1 amide bonds. The first-order valence-corrected chi connectivity index (χ1v) is 11.7. The van der Waals surface area contributed by atoms with E-state index in [-0.39, 0.29) is 12.5 Å². The summed E-state index contributed by atoms with van der Waals surface area (Å²) >= 11 is 0. The molecule has 0 saturated carbocycles. The van der Waals surface area contributed by atoms with Crippen molar-refractivity contribution in [1.82, 2.24) is 9.55 Å². The zero-order valence-corrected chi connectivity index (χ0v) is 18.6. The van der Waals surface area contributed by atoms with Gasteiger partial charge in [-0.2, -0.15) is 0 Å². The Morgan fingerprint density at radius 3 is 2.64 bits per heavy atom. The van der Waals surface area contributed by atoms with Crippen LogP contribution < -0.4 is 5.32 Å². The second-order valence-corrected chi connectivity index (χ2v) is 8.85. The fourth-order valence-corrected chi connectivity index (χ4v) is 3.91. The van der Waals surface area contributed by atoms with Crippen LogP contribution in [-0.4, -0.2) is 37.0 Å². The molecule has 0 aliphatic carbocycles. The second kappa shape index (κ2) is 9.32. The third-order valence-electron chi connectivity index (χ3n) is 5.14. The predicted molar refractivity (Wildman–Crippen MR) is 121 cm³/mol. The molecule has 9 nitrogen and oxygen atoms in total. The van der Waals surface area contributed by atoms with E-state index in [0.717, 1.165) is 22.4 Å². The van der Waals surface area contributed by atoms with Gasteiger partial charge in [-0.15, -0.1) is 0 Å². The number of imidazole rings is 1. The zero-order valence-electron chi connectivity index (χ0n) is 17.7. The highest BCUT2D eigenvalue weighted by Gasteiger charge is 2.21. The number of phosphoric acid groups is 1. The van der Waals surface area contributed by atoms with Crippen LogP contribution in [0.3, 0.4) is 0 Å². The van der Waals surface area contributed by atoms with Gasteiger partial charge in [-0.3, -0.25) is 9.32 Å². The van der Waals surface area contributed by atoms with E-state index in [0.29, 0.717) is 17.8 Å². The average Bonchev–Trinajstić information content (AvgIpc) is 3.39. The first kappa shape index (κ1) is 22.9. The highest BCUT2D eigenvalue weighted by atomic mass is 31.2. The van der Waals surface area contributed by atoms with Crippen LogP contribution in [0.4, 0.5) is 5.69 Å². The molecule has 2 heterocycles. The topological polar surface area (TPSA) is 134 Å². The van der Waals surface area contributed by atoms with Crippen molar-refractivity contribution < 1.29 is 28.8 Å². The summed E-state index contributed by atoms with van der Waals surface area (Å²) in [6.07, 6.45) is 2.54. The van der Waals surface area contributed by atoms with Gasteiger partial charge in [0, 0.05) is 23.6 Å². The molecule has 0 fully saturated rings. The van der Waals surface area contributed by atoms with Gasteiger partial charge in [-0.05, 0) is 41.8 Å². The van der Waals surface area contributed by atoms with E-state index in [1.807, 2.05) is 42.5 Å². The lowest BCUT2D eigenvalue weighted by atomic mass is 10.0. The summed E-state index contributed by atoms with van der Waals surface area (Å²) in [4.78, 5) is 33.8. The number of hydrogen-bond donors (Lipinski definition) is 4. The first-order chi connectivity index (χ1) is 15.7. The van der Waals surface area contributed by atoms with Crippen molar-refractivity contribution in [3.63, 3.8) is 0 Å². The van der Waals surface area contributed by atoms with E-state index in [1.54, 1.807) is 6.20 Å². The number of carbonyl (C=O) groups is 1. The number of amides is 1. The number of nitrogens with one attached hydrogen (secondary N) is 1. The Morgan fingerprint density at radius 2 is 1.94 bits per heavy atom. The molecule has 0 unspecified atom stereocenters. The van der Waals surface area contributed by atoms with Crippen LogP contribution in [0, 0.1) is 11.8 Å². The Hall–Kier alpha value is -3.25. The van der Waals surface area contributed by atoms with Crippen molar-refractivity contribution in [3.05, 3.63) is 71.8 Å². The number of nitrogens with zero attached hydrogens (tertiary/aromatic N) is 2. The molecule has 4 rings (SSSR count). The quantitative estimate of drug-likeness (QED) is 0.324. The van der Waals surface area contributed by atoms with E-state index in [1.165, 1.54) is 17.7 Å². The van der Waals surface area contributed by atoms with Crippen LogP contribution in [0.1, 0.15) is 36.0 Å². The molecule has 0 saturated heterocycles. The van der Waals surface area contributed by atoms with E-state index in [4.69, 9.17) is 9.79 Å². The van der Waals surface area contributed by atoms with Crippen molar-refractivity contribution in [2.75, 3.05) is 11.9 Å². The number of fused-ring (bicyclic) bond motifs is 1. The minimum atomic E-state index is -4.70. The van der Waals surface area contributed by atoms with E-state index in [9.17, 15) is 14.5 Å². The maximum Gasteiger partial charge on any atom is 0.469 e. The number of benzene rings is 2. The molecule has 2 aromatic carbocycles. The van der Waals surface area contributed by atoms with Crippen LogP contribution in [0.5, 0.6) is 0 Å². The van der Waals surface area contributed by atoms with Crippen LogP contribution in [-0.2, 0) is 20.3 Å². The third-order valence-corrected chi connectivity index (χ3v) is 5.63. The van der Waals surface area contributed by atoms with Crippen LogP contribution >= 0.6 is 7.82 Å². The van der Waals surface area contributed by atoms with Crippen molar-refractivity contribution in [2.24, 2.45) is 0 Å². The number of aliphatic hydroxyl groups excluding tert-OH is 1. The second-order valence-electron chi connectivity index (χ2n) is 7.61. The number of aliphatic hydroxyl groups is 1. The van der Waals surface area contributed by atoms with Crippen molar-refractivity contribution in [3.8, 4) is 23.0 Å². The van der Waals surface area contributed by atoms with E-state index in [2.05, 4.69) is 26.7 Å². The van der Waals surface area contributed by atoms with Gasteiger partial charge >= 0.3 is 7.82 Å². The monoisotopic (exact) mass is 467 g/mol. The lowest BCUT2D eigenvalue weighted by Crippen LogP contribution is -2.17. The van der Waals surface area contributed by atoms with Gasteiger partial charge < -0.3 is 24.8 Å². The molecule has 1 aliphatic rings. The standard InChI is InChI=1S/C23H22N3O6P/c1-15(27)23-24-10-11-26(23)20(14-32-33(29,30)31)9-4-16-2-5-17(6-3-16)18-7-8-19-13-22(28)25-21(19)12-18/h2-3,5-8,10-12,15,20,27H,13-14H2,1H3,(H,25,28)(H2,29,30,31)/t15-,20-/m0/s1. The summed E-state index contributed by atoms with van der Waals surface area (Å²) < 4.78 is 17.4. The summed E-state index contributed by atoms with van der Waals surface area (Å²) in [5.74, 6) is 6.24. The summed E-state index contributed by atoms with van der Waals surface area (Å²) in [6.45, 7) is 1.16. The first-order valence-electron chi connectivity index (χ1n) is 10.2. The van der Waals surface area contributed by atoms with Gasteiger partial charge in [0.15, 0.2) is 0 Å². The molecule has 1 aromatic heterocycles. The lowest BCUT2D eigenvalue weighted by molar-refractivity contribution is -0.115.